The van der Waals surface area contributed by atoms with Crippen molar-refractivity contribution in [3.8, 4) is 28.4 Å². The SMILES string of the molecule is CC1c2cc(OCOc3ccc(CC4CO4)cc3F)ccc2-c2ccc(OC(=O)c3ccc(CC4CO4)cc3)cc21. The molecule has 2 saturated heterocycles. The van der Waals surface area contributed by atoms with Gasteiger partial charge in [-0.15, -0.1) is 0 Å². The highest BCUT2D eigenvalue weighted by molar-refractivity contribution is 5.91. The first-order chi connectivity index (χ1) is 20.0. The average molecular weight is 553 g/mol. The fraction of sp³-hybridized carbons (Fsp3) is 0.265. The lowest BCUT2D eigenvalue weighted by Crippen LogP contribution is -2.09. The molecule has 3 atom stereocenters. The number of fused-ring (bicyclic) bond motifs is 3. The van der Waals surface area contributed by atoms with Gasteiger partial charge in [-0.2, -0.15) is 0 Å². The molecule has 3 aliphatic rings. The average Bonchev–Trinajstić information content (AvgIpc) is 3.92. The minimum Gasteiger partial charge on any atom is -0.457 e. The molecule has 7 heteroatoms. The van der Waals surface area contributed by atoms with Crippen molar-refractivity contribution in [1.82, 2.24) is 0 Å². The molecule has 4 aromatic rings. The highest BCUT2D eigenvalue weighted by Crippen LogP contribution is 2.47. The molecule has 4 aromatic carbocycles. The molecule has 2 fully saturated rings. The zero-order chi connectivity index (χ0) is 27.9. The van der Waals surface area contributed by atoms with Crippen LogP contribution in [0.1, 0.15) is 45.5 Å². The fourth-order valence-corrected chi connectivity index (χ4v) is 5.40. The van der Waals surface area contributed by atoms with Crippen LogP contribution in [0, 0.1) is 5.82 Å². The van der Waals surface area contributed by atoms with Crippen LogP contribution in [0.15, 0.2) is 78.9 Å². The van der Waals surface area contributed by atoms with Crippen LogP contribution in [0.5, 0.6) is 17.2 Å². The van der Waals surface area contributed by atoms with E-state index in [-0.39, 0.29) is 30.5 Å². The van der Waals surface area contributed by atoms with Gasteiger partial charge >= 0.3 is 5.97 Å². The molecule has 0 bridgehead atoms. The van der Waals surface area contributed by atoms with Gasteiger partial charge in [0.05, 0.1) is 31.0 Å². The Bertz CT molecular complexity index is 1610. The molecule has 2 aliphatic heterocycles. The van der Waals surface area contributed by atoms with Crippen LogP contribution in [-0.4, -0.2) is 38.2 Å². The van der Waals surface area contributed by atoms with E-state index in [2.05, 4.69) is 6.92 Å². The molecule has 0 radical (unpaired) electrons. The number of ether oxygens (including phenoxy) is 5. The van der Waals surface area contributed by atoms with Gasteiger partial charge in [-0.1, -0.05) is 37.3 Å². The summed E-state index contributed by atoms with van der Waals surface area (Å²) in [6, 6.07) is 24.1. The maximum atomic E-state index is 14.4. The highest BCUT2D eigenvalue weighted by atomic mass is 19.1. The Hall–Kier alpha value is -4.20. The van der Waals surface area contributed by atoms with E-state index in [1.807, 2.05) is 54.6 Å². The molecule has 3 unspecified atom stereocenters. The molecule has 0 spiro atoms. The molecule has 1 aliphatic carbocycles. The number of benzene rings is 4. The predicted molar refractivity (Wildman–Crippen MR) is 150 cm³/mol. The first-order valence-corrected chi connectivity index (χ1v) is 13.9. The van der Waals surface area contributed by atoms with E-state index in [4.69, 9.17) is 23.7 Å². The lowest BCUT2D eigenvalue weighted by molar-refractivity contribution is 0.0734. The van der Waals surface area contributed by atoms with Crippen molar-refractivity contribution in [2.24, 2.45) is 0 Å². The van der Waals surface area contributed by atoms with Crippen LogP contribution in [0.2, 0.25) is 0 Å². The van der Waals surface area contributed by atoms with E-state index >= 15 is 0 Å². The molecule has 6 nitrogen and oxygen atoms in total. The number of hydrogen-bond acceptors (Lipinski definition) is 6. The maximum absolute atomic E-state index is 14.4. The maximum Gasteiger partial charge on any atom is 0.343 e. The number of epoxide rings is 2. The largest absolute Gasteiger partial charge is 0.457 e. The molecular weight excluding hydrogens is 523 g/mol. The van der Waals surface area contributed by atoms with E-state index in [1.54, 1.807) is 18.2 Å². The number of carbonyl (C=O) groups excluding carboxylic acids is 1. The summed E-state index contributed by atoms with van der Waals surface area (Å²) in [6.45, 7) is 3.54. The van der Waals surface area contributed by atoms with Crippen LogP contribution in [0.3, 0.4) is 0 Å². The molecule has 41 heavy (non-hydrogen) atoms. The lowest BCUT2D eigenvalue weighted by atomic mass is 9.99. The van der Waals surface area contributed by atoms with Gasteiger partial charge in [-0.25, -0.2) is 9.18 Å². The first kappa shape index (κ1) is 25.7. The van der Waals surface area contributed by atoms with Gasteiger partial charge in [-0.3, -0.25) is 0 Å². The summed E-state index contributed by atoms with van der Waals surface area (Å²) in [5, 5.41) is 0. The Morgan fingerprint density at radius 2 is 1.39 bits per heavy atom. The second kappa shape index (κ2) is 10.7. The van der Waals surface area contributed by atoms with Gasteiger partial charge in [-0.05, 0) is 81.9 Å². The van der Waals surface area contributed by atoms with Gasteiger partial charge < -0.3 is 23.7 Å². The minimum atomic E-state index is -0.415. The molecule has 2 heterocycles. The second-order valence-electron chi connectivity index (χ2n) is 10.8. The second-order valence-corrected chi connectivity index (χ2v) is 10.8. The van der Waals surface area contributed by atoms with Gasteiger partial charge in [0.1, 0.15) is 11.5 Å². The standard InChI is InChI=1S/C34H29FO6/c1-20-30-15-24(39-19-40-33-11-4-22(14-32(33)35)13-27-18-38-27)7-9-28(30)29-10-8-25(16-31(20)29)41-34(36)23-5-2-21(3-6-23)12-26-17-37-26/h2-11,14-16,20,26-27H,12-13,17-19H2,1H3. The van der Waals surface area contributed by atoms with Crippen molar-refractivity contribution in [2.45, 2.75) is 37.9 Å². The monoisotopic (exact) mass is 552 g/mol. The van der Waals surface area contributed by atoms with Crippen molar-refractivity contribution in [3.05, 3.63) is 112 Å². The molecule has 0 N–H and O–H groups in total. The number of halogens is 1. The van der Waals surface area contributed by atoms with Crippen molar-refractivity contribution in [1.29, 1.82) is 0 Å². The van der Waals surface area contributed by atoms with Gasteiger partial charge in [0.2, 0.25) is 6.79 Å². The Morgan fingerprint density at radius 1 is 0.780 bits per heavy atom. The van der Waals surface area contributed by atoms with E-state index in [9.17, 15) is 9.18 Å². The summed E-state index contributed by atoms with van der Waals surface area (Å²) >= 11 is 0. The van der Waals surface area contributed by atoms with E-state index in [0.29, 0.717) is 29.6 Å². The smallest absolute Gasteiger partial charge is 0.343 e. The minimum absolute atomic E-state index is 0.0764. The molecule has 0 amide bonds. The molecule has 208 valence electrons. The van der Waals surface area contributed by atoms with Gasteiger partial charge in [0.25, 0.3) is 0 Å². The van der Waals surface area contributed by atoms with Gasteiger partial charge in [0.15, 0.2) is 11.6 Å². The summed E-state index contributed by atoms with van der Waals surface area (Å²) in [7, 11) is 0. The zero-order valence-electron chi connectivity index (χ0n) is 22.6. The third-order valence-electron chi connectivity index (χ3n) is 7.84. The first-order valence-electron chi connectivity index (χ1n) is 13.9. The van der Waals surface area contributed by atoms with Crippen molar-refractivity contribution < 1.29 is 32.9 Å². The van der Waals surface area contributed by atoms with Crippen LogP contribution < -0.4 is 14.2 Å². The zero-order valence-corrected chi connectivity index (χ0v) is 22.6. The Balaban J connectivity index is 0.982. The van der Waals surface area contributed by atoms with Gasteiger partial charge in [0, 0.05) is 18.8 Å². The molecule has 7 rings (SSSR count). The Labute approximate surface area is 237 Å². The molecule has 0 aromatic heterocycles. The van der Waals surface area contributed by atoms with Crippen LogP contribution >= 0.6 is 0 Å². The summed E-state index contributed by atoms with van der Waals surface area (Å²) in [6.07, 6.45) is 2.08. The molecule has 0 saturated carbocycles. The van der Waals surface area contributed by atoms with E-state index in [0.717, 1.165) is 53.0 Å². The topological polar surface area (TPSA) is 69.8 Å². The number of carbonyl (C=O) groups is 1. The van der Waals surface area contributed by atoms with Crippen LogP contribution in [0.25, 0.3) is 11.1 Å². The van der Waals surface area contributed by atoms with Crippen molar-refractivity contribution in [3.63, 3.8) is 0 Å². The third kappa shape index (κ3) is 5.69. The Morgan fingerprint density at radius 3 is 2.05 bits per heavy atom. The van der Waals surface area contributed by atoms with Crippen molar-refractivity contribution >= 4 is 5.97 Å². The van der Waals surface area contributed by atoms with E-state index in [1.165, 1.54) is 6.07 Å². The predicted octanol–water partition coefficient (Wildman–Crippen LogP) is 6.48. The van der Waals surface area contributed by atoms with E-state index < -0.39 is 5.82 Å². The summed E-state index contributed by atoms with van der Waals surface area (Å²) in [5.41, 5.74) is 6.93. The quantitative estimate of drug-likeness (QED) is 0.0972. The normalized spacial score (nSPS) is 19.7. The molecular formula is C34H29FO6. The number of hydrogen-bond donors (Lipinski definition) is 0. The lowest BCUT2D eigenvalue weighted by Gasteiger charge is -2.12. The summed E-state index contributed by atoms with van der Waals surface area (Å²) < 4.78 is 42.0. The number of rotatable bonds is 10. The Kier molecular flexibility index (Phi) is 6.69. The summed E-state index contributed by atoms with van der Waals surface area (Å²) in [4.78, 5) is 12.8. The number of esters is 1. The van der Waals surface area contributed by atoms with Crippen LogP contribution in [-0.2, 0) is 22.3 Å². The highest BCUT2D eigenvalue weighted by Gasteiger charge is 2.27. The summed E-state index contributed by atoms with van der Waals surface area (Å²) in [5.74, 6) is 0.565. The third-order valence-corrected chi connectivity index (χ3v) is 7.84. The fourth-order valence-electron chi connectivity index (χ4n) is 5.40. The van der Waals surface area contributed by atoms with Crippen molar-refractivity contribution in [2.75, 3.05) is 20.0 Å². The van der Waals surface area contributed by atoms with Crippen LogP contribution in [0.4, 0.5) is 4.39 Å².